The number of ether oxygens (including phenoxy) is 7. The molecule has 732 valence electrons. The Labute approximate surface area is 831 Å². The monoisotopic (exact) mass is 2010 g/mol. The van der Waals surface area contributed by atoms with Crippen molar-refractivity contribution in [2.75, 3.05) is 93.0 Å². The van der Waals surface area contributed by atoms with Gasteiger partial charge in [0.25, 0.3) is 0 Å². The van der Waals surface area contributed by atoms with E-state index >= 15 is 0 Å². The van der Waals surface area contributed by atoms with Gasteiger partial charge in [-0.2, -0.15) is 10.2 Å². The van der Waals surface area contributed by atoms with Crippen LogP contribution in [0, 0.1) is 10.8 Å². The van der Waals surface area contributed by atoms with E-state index in [9.17, 15) is 30.7 Å². The molecule has 30 heteroatoms. The van der Waals surface area contributed by atoms with E-state index in [2.05, 4.69) is 59.4 Å². The molecule has 2 N–H and O–H groups in total. The van der Waals surface area contributed by atoms with Crippen LogP contribution in [0.3, 0.4) is 0 Å². The molecule has 5 heterocycles. The highest BCUT2D eigenvalue weighted by atomic mass is 35.5. The lowest BCUT2D eigenvalue weighted by Crippen LogP contribution is -2.00. The maximum atomic E-state index is 12.1. The topological polar surface area (TPSA) is 200 Å². The summed E-state index contributed by atoms with van der Waals surface area (Å²) in [6.07, 6.45) is 35.7. The number of aryl methyl sites for hydroxylation is 9. The summed E-state index contributed by atoms with van der Waals surface area (Å²) in [4.78, 5) is 21.6. The summed E-state index contributed by atoms with van der Waals surface area (Å²) < 4.78 is 121. The lowest BCUT2D eigenvalue weighted by Gasteiger charge is -2.09. The van der Waals surface area contributed by atoms with E-state index in [0.717, 1.165) is 210 Å². The summed E-state index contributed by atoms with van der Waals surface area (Å²) in [7, 11) is 0. The number of aromatic nitrogens is 3. The van der Waals surface area contributed by atoms with E-state index < -0.39 is 33.4 Å². The summed E-state index contributed by atoms with van der Waals surface area (Å²) in [5.74, 6) is 5.01. The van der Waals surface area contributed by atoms with Gasteiger partial charge in [-0.15, -0.1) is 11.3 Å². The molecular formula is C106H124Cl6F7N9O7S. The Balaban J connectivity index is 0.000000217. The van der Waals surface area contributed by atoms with Crippen LogP contribution in [0.2, 0.25) is 30.1 Å². The number of aliphatic imine (C=N–C) groups is 2. The minimum absolute atomic E-state index is 0.0322. The van der Waals surface area contributed by atoms with Gasteiger partial charge >= 0.3 is 0 Å². The summed E-state index contributed by atoms with van der Waals surface area (Å²) in [6.45, 7) is 1.60. The Kier molecular flexibility index (Phi) is 57.4. The maximum absolute atomic E-state index is 12.1. The lowest BCUT2D eigenvalue weighted by molar-refractivity contribution is 0.273. The van der Waals surface area contributed by atoms with Gasteiger partial charge in [0.15, 0.2) is 0 Å². The molecule has 0 aliphatic carbocycles. The number of thiazole rings is 1. The molecular weight excluding hydrogens is 1890 g/mol. The predicted octanol–water partition coefficient (Wildman–Crippen LogP) is 30.1. The van der Waals surface area contributed by atoms with Gasteiger partial charge in [0.2, 0.25) is 0 Å². The summed E-state index contributed by atoms with van der Waals surface area (Å²) in [5.41, 5.74) is 15.7. The third kappa shape index (κ3) is 47.4. The van der Waals surface area contributed by atoms with Gasteiger partial charge < -0.3 is 44.0 Å². The van der Waals surface area contributed by atoms with Crippen molar-refractivity contribution in [1.82, 2.24) is 15.0 Å². The number of hydrogen-bond acceptors (Lipinski definition) is 17. The van der Waals surface area contributed by atoms with E-state index in [4.69, 9.17) is 114 Å². The fourth-order valence-electron chi connectivity index (χ4n) is 13.7. The number of benzene rings is 8. The number of para-hydroxylation sites is 1. The Morgan fingerprint density at radius 1 is 0.353 bits per heavy atom. The van der Waals surface area contributed by atoms with Crippen LogP contribution in [0.1, 0.15) is 178 Å². The zero-order valence-corrected chi connectivity index (χ0v) is 82.8. The number of hydrogen-bond donors (Lipinski definition) is 2. The van der Waals surface area contributed by atoms with Crippen molar-refractivity contribution in [2.24, 2.45) is 20.2 Å². The SMILES string of the molecule is CC(=N)CCCc1ccc(OCCCCF)c(Cl)c1.CC(=N)CCCc1ccc(OCCCF)cc1.FCCOc1ccc(CCCC2=NC=CC2)cc1Cl.FCCOc1ccc(CCCC2=NN=CC2)cc1Cl.FCCOc1ccc(CCCC2=Nc3ccccc3C2)cc1Cl.FCCOc1ccc(CCCc2ncccn2)cc1Cl.FCCOc1ccc(CCCc2nccs2)cc1Cl. The average molecular weight is 2010 g/mol. The van der Waals surface area contributed by atoms with Crippen molar-refractivity contribution in [1.29, 1.82) is 10.8 Å². The highest BCUT2D eigenvalue weighted by Crippen LogP contribution is 2.34. The quantitative estimate of drug-likeness (QED) is 0.0210. The molecule has 16 nitrogen and oxygen atoms in total. The van der Waals surface area contributed by atoms with Gasteiger partial charge in [-0.05, 0) is 297 Å². The van der Waals surface area contributed by atoms with Crippen LogP contribution in [-0.4, -0.2) is 143 Å². The van der Waals surface area contributed by atoms with Crippen molar-refractivity contribution in [2.45, 2.75) is 187 Å². The molecule has 136 heavy (non-hydrogen) atoms. The first-order valence-electron chi connectivity index (χ1n) is 46.0. The molecule has 0 spiro atoms. The Morgan fingerprint density at radius 3 is 1.12 bits per heavy atom. The molecule has 0 saturated carbocycles. The van der Waals surface area contributed by atoms with Crippen molar-refractivity contribution < 1.29 is 63.9 Å². The van der Waals surface area contributed by atoms with E-state index in [-0.39, 0.29) is 46.4 Å². The number of rotatable bonds is 52. The Bertz CT molecular complexity index is 5180. The van der Waals surface area contributed by atoms with Crippen LogP contribution in [0.4, 0.5) is 36.4 Å². The van der Waals surface area contributed by atoms with Crippen molar-refractivity contribution in [3.8, 4) is 40.2 Å². The van der Waals surface area contributed by atoms with Gasteiger partial charge in [0.05, 0.1) is 67.4 Å². The number of unbranched alkanes of at least 4 members (excludes halogenated alkanes) is 1. The van der Waals surface area contributed by atoms with Gasteiger partial charge in [-0.1, -0.05) is 142 Å². The second-order valence-electron chi connectivity index (χ2n) is 31.6. The molecule has 3 aliphatic heterocycles. The van der Waals surface area contributed by atoms with Crippen LogP contribution < -0.4 is 33.2 Å². The van der Waals surface area contributed by atoms with E-state index in [1.165, 1.54) is 33.7 Å². The molecule has 0 fully saturated rings. The third-order valence-electron chi connectivity index (χ3n) is 20.5. The summed E-state index contributed by atoms with van der Waals surface area (Å²) in [6, 6.07) is 52.1. The molecule has 3 aliphatic rings. The second-order valence-corrected chi connectivity index (χ2v) is 35.0. The van der Waals surface area contributed by atoms with Gasteiger partial charge in [-0.3, -0.25) is 18.8 Å². The molecule has 0 saturated heterocycles. The summed E-state index contributed by atoms with van der Waals surface area (Å²) >= 11 is 38.3. The largest absolute Gasteiger partial charge is 0.494 e. The average Bonchev–Trinajstić information content (AvgIpc) is 1.69. The van der Waals surface area contributed by atoms with Crippen molar-refractivity contribution in [3.05, 3.63) is 286 Å². The number of nitrogens with one attached hydrogen (secondary N) is 2. The first-order chi connectivity index (χ1) is 66.3. The Hall–Kier alpha value is -9.92. The van der Waals surface area contributed by atoms with E-state index in [0.29, 0.717) is 103 Å². The predicted molar refractivity (Wildman–Crippen MR) is 548 cm³/mol. The third-order valence-corrected chi connectivity index (χ3v) is 23.2. The van der Waals surface area contributed by atoms with Crippen LogP contribution in [0.15, 0.2) is 220 Å². The first kappa shape index (κ1) is 113. The number of nitrogens with zero attached hydrogens (tertiary/aromatic N) is 7. The Morgan fingerprint density at radius 2 is 0.743 bits per heavy atom. The molecule has 2 aromatic heterocycles. The molecule has 0 amide bonds. The molecule has 8 aromatic carbocycles. The van der Waals surface area contributed by atoms with E-state index in [1.54, 1.807) is 48.0 Å². The van der Waals surface area contributed by atoms with Crippen LogP contribution in [0.25, 0.3) is 0 Å². The molecule has 0 atom stereocenters. The molecule has 13 rings (SSSR count). The number of fused-ring (bicyclic) bond motifs is 1. The standard InChI is InChI=1S/C19H19ClFNO.C15H16ClFN2O.C15H17ClFNO.C15H21ClFNO.C14H16ClFN2O.C14H15ClFNOS.C14H20FNO/c20-17-12-14(8-9-19(17)23-11-10-21)4-3-6-16-13-15-5-1-2-7-18(15)22-16;16-13-11-12(5-6-14(13)20-10-7-17)3-1-4-15-18-8-2-9-19-15;16-14-11-12(6-7-15(14)19-10-8-17)3-1-4-13-5-2-9-18-13;1-12(18)5-4-6-13-7-8-15(14(16)11-13)19-10-3-2-9-17;15-13-10-11(4-5-14(13)19-9-7-16)2-1-3-12-6-8-17-18-12;15-12-10-11(4-5-13(12)18-8-6-16)2-1-3-14-17-7-9-19-14;1-12(16)4-2-5-13-6-8-14(9-7-13)17-11-3-10-15/h1-2,5,7-9,12H,3-4,6,10-11,13H2;2,5-6,8-9,11H,1,3-4,7,10H2;2,6-7,9,11H,1,3-5,8,10H2;7-8,11,18H,2-6,9-10H2,1H3;4-5,8,10H,1-3,6-7,9H2;4-5,7,9-10H,1-3,6,8H2;6-9,16H,2-5,10-11H2,1H3. The number of alkyl halides is 7. The van der Waals surface area contributed by atoms with Crippen LogP contribution in [-0.2, 0) is 64.2 Å². The molecule has 10 aromatic rings. The number of halogens is 13. The van der Waals surface area contributed by atoms with Crippen molar-refractivity contribution >= 4 is 121 Å². The zero-order valence-electron chi connectivity index (χ0n) is 77.4. The van der Waals surface area contributed by atoms with Gasteiger partial charge in [-0.25, -0.2) is 36.9 Å². The maximum Gasteiger partial charge on any atom is 0.138 e. The molecule has 0 radical (unpaired) electrons. The smallest absolute Gasteiger partial charge is 0.138 e. The second kappa shape index (κ2) is 69.0. The normalized spacial score (nSPS) is 11.8. The van der Waals surface area contributed by atoms with Crippen molar-refractivity contribution in [3.63, 3.8) is 0 Å². The number of allylic oxidation sites excluding steroid dienone is 1. The van der Waals surface area contributed by atoms with Crippen LogP contribution >= 0.6 is 80.9 Å². The fourth-order valence-corrected chi connectivity index (χ4v) is 15.9. The first-order valence-corrected chi connectivity index (χ1v) is 49.2. The molecule has 0 unspecified atom stereocenters. The highest BCUT2D eigenvalue weighted by molar-refractivity contribution is 7.09. The van der Waals surface area contributed by atoms with Crippen LogP contribution in [0.5, 0.6) is 40.2 Å². The summed E-state index contributed by atoms with van der Waals surface area (Å²) in [5, 5.41) is 29.0. The minimum atomic E-state index is -0.519. The lowest BCUT2D eigenvalue weighted by atomic mass is 10.0. The van der Waals surface area contributed by atoms with E-state index in [1.807, 2.05) is 159 Å². The molecule has 0 bridgehead atoms. The fraction of sp³-hybridized carbons (Fsp3) is 0.406. The zero-order chi connectivity index (χ0) is 97.4. The highest BCUT2D eigenvalue weighted by Gasteiger charge is 2.16. The van der Waals surface area contributed by atoms with Gasteiger partial charge in [0.1, 0.15) is 112 Å². The minimum Gasteiger partial charge on any atom is -0.494 e. The van der Waals surface area contributed by atoms with Gasteiger partial charge in [0, 0.05) is 97.0 Å².